The summed E-state index contributed by atoms with van der Waals surface area (Å²) in [4.78, 5) is 4.65. The van der Waals surface area contributed by atoms with Gasteiger partial charge in [0.25, 0.3) is 0 Å². The van der Waals surface area contributed by atoms with Gasteiger partial charge in [-0.2, -0.15) is 5.10 Å². The highest BCUT2D eigenvalue weighted by Crippen LogP contribution is 2.23. The van der Waals surface area contributed by atoms with Crippen LogP contribution in [0.1, 0.15) is 26.1 Å². The fourth-order valence-corrected chi connectivity index (χ4v) is 2.88. The van der Waals surface area contributed by atoms with E-state index in [1.54, 1.807) is 7.11 Å². The van der Waals surface area contributed by atoms with Gasteiger partial charge >= 0.3 is 0 Å². The number of ether oxygens (including phenoxy) is 1. The van der Waals surface area contributed by atoms with Crippen molar-refractivity contribution < 1.29 is 4.74 Å². The molecule has 0 spiro atoms. The second kappa shape index (κ2) is 6.87. The molecule has 4 nitrogen and oxygen atoms in total. The van der Waals surface area contributed by atoms with Crippen LogP contribution in [0, 0.1) is 5.92 Å². The highest BCUT2D eigenvalue weighted by Gasteiger charge is 2.10. The summed E-state index contributed by atoms with van der Waals surface area (Å²) in [5.74, 6) is 2.26. The van der Waals surface area contributed by atoms with Crippen molar-refractivity contribution in [3.8, 4) is 17.0 Å². The van der Waals surface area contributed by atoms with Crippen molar-refractivity contribution in [2.75, 3.05) is 7.11 Å². The number of nitrogens with zero attached hydrogens (tertiary/aromatic N) is 3. The molecule has 2 aromatic heterocycles. The summed E-state index contributed by atoms with van der Waals surface area (Å²) in [5, 5.41) is 4.69. The minimum absolute atomic E-state index is 0.601. The van der Waals surface area contributed by atoms with Gasteiger partial charge in [-0.3, -0.25) is 0 Å². The maximum absolute atomic E-state index is 5.23. The Morgan fingerprint density at radius 3 is 2.58 bits per heavy atom. The number of methoxy groups -OCH3 is 1. The van der Waals surface area contributed by atoms with E-state index in [4.69, 9.17) is 9.84 Å². The van der Waals surface area contributed by atoms with Gasteiger partial charge in [-0.05, 0) is 48.7 Å². The van der Waals surface area contributed by atoms with Crippen LogP contribution in [0.5, 0.6) is 5.75 Å². The van der Waals surface area contributed by atoms with E-state index in [1.807, 2.05) is 40.9 Å². The molecule has 1 aromatic carbocycles. The first-order valence-electron chi connectivity index (χ1n) is 8.22. The van der Waals surface area contributed by atoms with Crippen molar-refractivity contribution in [2.24, 2.45) is 5.92 Å². The number of benzene rings is 1. The first-order valence-corrected chi connectivity index (χ1v) is 8.22. The number of fused-ring (bicyclic) bond motifs is 1. The molecular formula is C20H23N3O. The Labute approximate surface area is 142 Å². The van der Waals surface area contributed by atoms with Gasteiger partial charge in [-0.15, -0.1) is 0 Å². The Morgan fingerprint density at radius 1 is 1.17 bits per heavy atom. The molecule has 0 aliphatic rings. The zero-order valence-corrected chi connectivity index (χ0v) is 14.5. The first-order chi connectivity index (χ1) is 11.6. The largest absolute Gasteiger partial charge is 0.497 e. The van der Waals surface area contributed by atoms with Gasteiger partial charge in [0.1, 0.15) is 5.75 Å². The van der Waals surface area contributed by atoms with Crippen LogP contribution in [0.4, 0.5) is 0 Å². The summed E-state index contributed by atoms with van der Waals surface area (Å²) in [6, 6.07) is 14.0. The standard InChI is InChI=1S/C20H23N3O/c1-14(2)12-15(3)13-19-21-20-7-5-6-18(23(20)22-19)16-8-10-17(24-4)11-9-16/h5-11,14H,3,12-13H2,1-2,4H3. The molecule has 4 heteroatoms. The monoisotopic (exact) mass is 321 g/mol. The molecule has 0 unspecified atom stereocenters. The van der Waals surface area contributed by atoms with Crippen LogP contribution in [0.15, 0.2) is 54.6 Å². The van der Waals surface area contributed by atoms with E-state index >= 15 is 0 Å². The van der Waals surface area contributed by atoms with Crippen molar-refractivity contribution in [3.63, 3.8) is 0 Å². The maximum atomic E-state index is 5.23. The lowest BCUT2D eigenvalue weighted by atomic mass is 10.0. The van der Waals surface area contributed by atoms with E-state index in [0.717, 1.165) is 41.3 Å². The van der Waals surface area contributed by atoms with Crippen LogP contribution in [0.2, 0.25) is 0 Å². The highest BCUT2D eigenvalue weighted by molar-refractivity contribution is 5.63. The lowest BCUT2D eigenvalue weighted by molar-refractivity contribution is 0.415. The van der Waals surface area contributed by atoms with Crippen LogP contribution >= 0.6 is 0 Å². The van der Waals surface area contributed by atoms with Gasteiger partial charge < -0.3 is 4.74 Å². The minimum Gasteiger partial charge on any atom is -0.497 e. The smallest absolute Gasteiger partial charge is 0.156 e. The van der Waals surface area contributed by atoms with Crippen LogP contribution in [-0.4, -0.2) is 21.7 Å². The number of pyridine rings is 1. The molecule has 3 aromatic rings. The van der Waals surface area contributed by atoms with Crippen molar-refractivity contribution in [1.82, 2.24) is 14.6 Å². The third-order valence-electron chi connectivity index (χ3n) is 3.89. The van der Waals surface area contributed by atoms with Gasteiger partial charge in [0.05, 0.1) is 12.8 Å². The molecule has 0 aliphatic carbocycles. The Kier molecular flexibility index (Phi) is 4.65. The summed E-state index contributed by atoms with van der Waals surface area (Å²) in [6.45, 7) is 8.55. The van der Waals surface area contributed by atoms with Gasteiger partial charge in [-0.25, -0.2) is 9.50 Å². The van der Waals surface area contributed by atoms with Gasteiger partial charge in [0, 0.05) is 12.0 Å². The maximum Gasteiger partial charge on any atom is 0.156 e. The SMILES string of the molecule is C=C(Cc1nc2cccc(-c3ccc(OC)cc3)n2n1)CC(C)C. The quantitative estimate of drug-likeness (QED) is 0.625. The predicted octanol–water partition coefficient (Wildman–Crippen LogP) is 4.55. The normalized spacial score (nSPS) is 11.2. The Morgan fingerprint density at radius 2 is 1.92 bits per heavy atom. The Bertz CT molecular complexity index is 847. The van der Waals surface area contributed by atoms with Crippen molar-refractivity contribution in [3.05, 3.63) is 60.4 Å². The third-order valence-corrected chi connectivity index (χ3v) is 3.89. The van der Waals surface area contributed by atoms with Crippen molar-refractivity contribution >= 4 is 5.65 Å². The van der Waals surface area contributed by atoms with Gasteiger partial charge in [0.2, 0.25) is 0 Å². The molecule has 124 valence electrons. The molecule has 0 atom stereocenters. The van der Waals surface area contributed by atoms with Gasteiger partial charge in [0.15, 0.2) is 11.5 Å². The van der Waals surface area contributed by atoms with E-state index in [1.165, 1.54) is 5.57 Å². The molecule has 0 fully saturated rings. The Balaban J connectivity index is 1.93. The third kappa shape index (κ3) is 3.48. The lowest BCUT2D eigenvalue weighted by Crippen LogP contribution is -1.98. The van der Waals surface area contributed by atoms with Crippen LogP contribution < -0.4 is 4.74 Å². The summed E-state index contributed by atoms with van der Waals surface area (Å²) < 4.78 is 7.13. The van der Waals surface area contributed by atoms with E-state index in [-0.39, 0.29) is 0 Å². The Hall–Kier alpha value is -2.62. The number of allylic oxidation sites excluding steroid dienone is 1. The molecule has 0 radical (unpaired) electrons. The van der Waals surface area contributed by atoms with Crippen molar-refractivity contribution in [1.29, 1.82) is 0 Å². The molecule has 0 bridgehead atoms. The molecule has 0 saturated carbocycles. The van der Waals surface area contributed by atoms with E-state index in [9.17, 15) is 0 Å². The van der Waals surface area contributed by atoms with Crippen molar-refractivity contribution in [2.45, 2.75) is 26.7 Å². The molecule has 0 saturated heterocycles. The average Bonchev–Trinajstić information content (AvgIpc) is 2.96. The van der Waals surface area contributed by atoms with E-state index < -0.39 is 0 Å². The molecular weight excluding hydrogens is 298 g/mol. The number of aromatic nitrogens is 3. The van der Waals surface area contributed by atoms with Crippen LogP contribution in [0.25, 0.3) is 16.9 Å². The van der Waals surface area contributed by atoms with Crippen LogP contribution in [0.3, 0.4) is 0 Å². The average molecular weight is 321 g/mol. The number of hydrogen-bond acceptors (Lipinski definition) is 3. The van der Waals surface area contributed by atoms with E-state index in [0.29, 0.717) is 5.92 Å². The second-order valence-electron chi connectivity index (χ2n) is 6.46. The number of hydrogen-bond donors (Lipinski definition) is 0. The van der Waals surface area contributed by atoms with Gasteiger partial charge in [-0.1, -0.05) is 32.1 Å². The molecule has 0 amide bonds. The number of rotatable bonds is 6. The molecule has 3 rings (SSSR count). The molecule has 0 N–H and O–H groups in total. The summed E-state index contributed by atoms with van der Waals surface area (Å²) in [7, 11) is 1.67. The summed E-state index contributed by atoms with van der Waals surface area (Å²) in [5.41, 5.74) is 4.13. The second-order valence-corrected chi connectivity index (χ2v) is 6.46. The molecule has 24 heavy (non-hydrogen) atoms. The predicted molar refractivity (Wildman–Crippen MR) is 97.3 cm³/mol. The zero-order chi connectivity index (χ0) is 17.1. The first kappa shape index (κ1) is 16.2. The fraction of sp³-hybridized carbons (Fsp3) is 0.300. The zero-order valence-electron chi connectivity index (χ0n) is 14.5. The molecule has 2 heterocycles. The van der Waals surface area contributed by atoms with E-state index in [2.05, 4.69) is 31.5 Å². The topological polar surface area (TPSA) is 39.4 Å². The summed E-state index contributed by atoms with van der Waals surface area (Å²) >= 11 is 0. The summed E-state index contributed by atoms with van der Waals surface area (Å²) in [6.07, 6.45) is 1.73. The highest BCUT2D eigenvalue weighted by atomic mass is 16.5. The fourth-order valence-electron chi connectivity index (χ4n) is 2.88. The minimum atomic E-state index is 0.601. The molecule has 0 aliphatic heterocycles. The van der Waals surface area contributed by atoms with Crippen LogP contribution in [-0.2, 0) is 6.42 Å². The lowest BCUT2D eigenvalue weighted by Gasteiger charge is -2.06.